The fraction of sp³-hybridized carbons (Fsp3) is 0.519. The highest BCUT2D eigenvalue weighted by Gasteiger charge is 2.48. The number of aliphatic hydroxyl groups is 3. The first kappa shape index (κ1) is 33.4. The molecule has 3 rings (SSSR count). The second-order valence-electron chi connectivity index (χ2n) is 9.36. The van der Waals surface area contributed by atoms with Crippen LogP contribution in [-0.4, -0.2) is 119 Å². The number of esters is 1. The Kier molecular flexibility index (Phi) is 12.4. The molecule has 2 aliphatic rings. The van der Waals surface area contributed by atoms with Crippen molar-refractivity contribution in [3.63, 3.8) is 0 Å². The van der Waals surface area contributed by atoms with Crippen molar-refractivity contribution in [1.29, 1.82) is 0 Å². The molecule has 1 fully saturated rings. The van der Waals surface area contributed by atoms with Gasteiger partial charge in [-0.25, -0.2) is 4.79 Å². The fourth-order valence-corrected chi connectivity index (χ4v) is 3.93. The van der Waals surface area contributed by atoms with Gasteiger partial charge in [0.05, 0.1) is 13.2 Å². The molecule has 0 bridgehead atoms. The van der Waals surface area contributed by atoms with Crippen LogP contribution >= 0.6 is 0 Å². The molecular formula is C27H34N2O14. The van der Waals surface area contributed by atoms with Gasteiger partial charge in [0, 0.05) is 49.7 Å². The van der Waals surface area contributed by atoms with Crippen LogP contribution in [-0.2, 0) is 44.8 Å². The van der Waals surface area contributed by atoms with Gasteiger partial charge >= 0.3 is 11.9 Å². The standard InChI is InChI=1S/C27H34N2O14/c1-2-21(33)41-14-15-3-4-16(42-27-24(36)22(34)23(35)25(43-27)26(37)38)13-17(15)40-12-11-39-10-8-28-18(30)7-9-29-19(31)5-6-20(29)32/h3-6,13,22-25,27,34-36H,2,7-12,14H2,1H3,(H,28,30)(H,37,38)/t22-,23-,24+,25-,27+/m0/s1. The highest BCUT2D eigenvalue weighted by atomic mass is 16.7. The molecule has 2 aliphatic heterocycles. The van der Waals surface area contributed by atoms with E-state index in [0.29, 0.717) is 5.56 Å². The van der Waals surface area contributed by atoms with E-state index in [1.54, 1.807) is 6.92 Å². The quantitative estimate of drug-likeness (QED) is 0.0794. The predicted molar refractivity (Wildman–Crippen MR) is 141 cm³/mol. The summed E-state index contributed by atoms with van der Waals surface area (Å²) in [6, 6.07) is 4.32. The van der Waals surface area contributed by atoms with Crippen molar-refractivity contribution < 1.29 is 68.1 Å². The van der Waals surface area contributed by atoms with Gasteiger partial charge in [-0.15, -0.1) is 0 Å². The van der Waals surface area contributed by atoms with E-state index in [9.17, 15) is 44.4 Å². The zero-order valence-electron chi connectivity index (χ0n) is 23.2. The molecule has 0 radical (unpaired) electrons. The second-order valence-corrected chi connectivity index (χ2v) is 9.36. The summed E-state index contributed by atoms with van der Waals surface area (Å²) in [4.78, 5) is 58.9. The van der Waals surface area contributed by atoms with Gasteiger partial charge in [-0.05, 0) is 12.1 Å². The van der Waals surface area contributed by atoms with Crippen molar-refractivity contribution in [3.8, 4) is 11.5 Å². The molecule has 1 saturated heterocycles. The lowest BCUT2D eigenvalue weighted by atomic mass is 9.99. The number of imide groups is 1. The van der Waals surface area contributed by atoms with Gasteiger partial charge in [0.25, 0.3) is 11.8 Å². The maximum atomic E-state index is 11.9. The number of aliphatic hydroxyl groups excluding tert-OH is 3. The summed E-state index contributed by atoms with van der Waals surface area (Å²) in [6.45, 7) is 1.89. The smallest absolute Gasteiger partial charge is 0.335 e. The normalized spacial score (nSPS) is 23.3. The molecule has 16 nitrogen and oxygen atoms in total. The van der Waals surface area contributed by atoms with Crippen molar-refractivity contribution in [1.82, 2.24) is 10.2 Å². The first-order valence-corrected chi connectivity index (χ1v) is 13.4. The molecule has 1 aromatic rings. The van der Waals surface area contributed by atoms with E-state index < -0.39 is 54.5 Å². The van der Waals surface area contributed by atoms with Gasteiger partial charge in [0.2, 0.25) is 12.2 Å². The third-order valence-electron chi connectivity index (χ3n) is 6.30. The SMILES string of the molecule is CCC(=O)OCc1ccc(O[C@@H]2O[C@H](C(=O)O)[C@@H](O)[C@H](O)[C@H]2O)cc1OCCOCCNC(=O)CCN1C(=O)C=CC1=O. The van der Waals surface area contributed by atoms with Crippen LogP contribution < -0.4 is 14.8 Å². The largest absolute Gasteiger partial charge is 0.491 e. The van der Waals surface area contributed by atoms with Gasteiger partial charge in [-0.3, -0.25) is 24.1 Å². The fourth-order valence-electron chi connectivity index (χ4n) is 3.93. The number of amides is 3. The lowest BCUT2D eigenvalue weighted by Gasteiger charge is -2.38. The first-order valence-electron chi connectivity index (χ1n) is 13.4. The Morgan fingerprint density at radius 3 is 2.40 bits per heavy atom. The zero-order valence-corrected chi connectivity index (χ0v) is 23.2. The summed E-state index contributed by atoms with van der Waals surface area (Å²) >= 11 is 0. The Morgan fingerprint density at radius 1 is 1.00 bits per heavy atom. The maximum absolute atomic E-state index is 11.9. The lowest BCUT2D eigenvalue weighted by Crippen LogP contribution is -2.61. The number of hydrogen-bond donors (Lipinski definition) is 5. The molecule has 1 aromatic carbocycles. The van der Waals surface area contributed by atoms with E-state index in [0.717, 1.165) is 17.1 Å². The van der Waals surface area contributed by atoms with Crippen molar-refractivity contribution >= 4 is 29.7 Å². The van der Waals surface area contributed by atoms with E-state index in [4.69, 9.17) is 23.7 Å². The number of carboxylic acid groups (broad SMARTS) is 1. The Balaban J connectivity index is 1.49. The molecular weight excluding hydrogens is 576 g/mol. The van der Waals surface area contributed by atoms with Gasteiger partial charge in [0.15, 0.2) is 6.10 Å². The average Bonchev–Trinajstić information content (AvgIpc) is 3.31. The van der Waals surface area contributed by atoms with Crippen LogP contribution in [0.25, 0.3) is 0 Å². The number of nitrogens with zero attached hydrogens (tertiary/aromatic N) is 1. The summed E-state index contributed by atoms with van der Waals surface area (Å²) in [5.74, 6) is -3.03. The Morgan fingerprint density at radius 2 is 1.72 bits per heavy atom. The van der Waals surface area contributed by atoms with Gasteiger partial charge in [0.1, 0.15) is 43.0 Å². The van der Waals surface area contributed by atoms with E-state index >= 15 is 0 Å². The molecule has 3 amide bonds. The molecule has 16 heteroatoms. The number of nitrogens with one attached hydrogen (secondary N) is 1. The molecule has 0 aliphatic carbocycles. The third kappa shape index (κ3) is 9.45. The molecule has 2 heterocycles. The summed E-state index contributed by atoms with van der Waals surface area (Å²) in [5, 5.41) is 42.0. The molecule has 0 unspecified atom stereocenters. The summed E-state index contributed by atoms with van der Waals surface area (Å²) in [5.41, 5.74) is 0.454. The van der Waals surface area contributed by atoms with E-state index in [-0.39, 0.29) is 69.8 Å². The summed E-state index contributed by atoms with van der Waals surface area (Å²) < 4.78 is 27.1. The number of hydrogen-bond acceptors (Lipinski definition) is 13. The van der Waals surface area contributed by atoms with Gasteiger partial charge in [-0.2, -0.15) is 0 Å². The van der Waals surface area contributed by atoms with E-state index in [2.05, 4.69) is 5.32 Å². The van der Waals surface area contributed by atoms with Crippen LogP contribution in [0.4, 0.5) is 0 Å². The number of ether oxygens (including phenoxy) is 5. The summed E-state index contributed by atoms with van der Waals surface area (Å²) in [6.07, 6.45) is -6.58. The molecule has 0 aromatic heterocycles. The number of carboxylic acids is 1. The van der Waals surface area contributed by atoms with E-state index in [1.165, 1.54) is 18.2 Å². The second kappa shape index (κ2) is 15.9. The molecule has 0 saturated carbocycles. The van der Waals surface area contributed by atoms with Crippen LogP contribution in [0.2, 0.25) is 0 Å². The molecule has 236 valence electrons. The Labute approximate surface area is 245 Å². The molecule has 5 atom stereocenters. The number of carbonyl (C=O) groups is 5. The van der Waals surface area contributed by atoms with Crippen molar-refractivity contribution in [2.24, 2.45) is 0 Å². The summed E-state index contributed by atoms with van der Waals surface area (Å²) in [7, 11) is 0. The highest BCUT2D eigenvalue weighted by molar-refractivity contribution is 6.13. The third-order valence-corrected chi connectivity index (χ3v) is 6.30. The number of carbonyl (C=O) groups excluding carboxylic acids is 4. The van der Waals surface area contributed by atoms with Crippen LogP contribution in [0.15, 0.2) is 30.4 Å². The monoisotopic (exact) mass is 610 g/mol. The van der Waals surface area contributed by atoms with Crippen molar-refractivity contribution in [3.05, 3.63) is 35.9 Å². The lowest BCUT2D eigenvalue weighted by molar-refractivity contribution is -0.271. The maximum Gasteiger partial charge on any atom is 0.335 e. The first-order chi connectivity index (χ1) is 20.5. The van der Waals surface area contributed by atoms with Crippen LogP contribution in [0, 0.1) is 0 Å². The van der Waals surface area contributed by atoms with Crippen LogP contribution in [0.1, 0.15) is 25.3 Å². The van der Waals surface area contributed by atoms with Crippen molar-refractivity contribution in [2.45, 2.75) is 57.1 Å². The van der Waals surface area contributed by atoms with Crippen LogP contribution in [0.5, 0.6) is 11.5 Å². The number of aliphatic carboxylic acids is 1. The number of rotatable bonds is 16. The van der Waals surface area contributed by atoms with E-state index in [1.807, 2.05) is 0 Å². The molecule has 43 heavy (non-hydrogen) atoms. The number of benzene rings is 1. The minimum Gasteiger partial charge on any atom is -0.491 e. The predicted octanol–water partition coefficient (Wildman–Crippen LogP) is -1.76. The molecule has 0 spiro atoms. The Hall–Kier alpha value is -4.09. The van der Waals surface area contributed by atoms with Crippen LogP contribution in [0.3, 0.4) is 0 Å². The average molecular weight is 611 g/mol. The molecule has 5 N–H and O–H groups in total. The van der Waals surface area contributed by atoms with Gasteiger partial charge in [-0.1, -0.05) is 6.92 Å². The van der Waals surface area contributed by atoms with Crippen molar-refractivity contribution in [2.75, 3.05) is 32.9 Å². The van der Waals surface area contributed by atoms with Gasteiger partial charge < -0.3 is 49.4 Å². The Bertz CT molecular complexity index is 1190. The minimum atomic E-state index is -1.88. The highest BCUT2D eigenvalue weighted by Crippen LogP contribution is 2.29. The zero-order chi connectivity index (χ0) is 31.5. The minimum absolute atomic E-state index is 0.0207. The topological polar surface area (TPSA) is 228 Å².